The Bertz CT molecular complexity index is 427. The Hall–Kier alpha value is -1.26. The molecule has 0 heterocycles. The number of methoxy groups -OCH3 is 2. The average Bonchev–Trinajstić information content (AvgIpc) is 2.37. The topological polar surface area (TPSA) is 47.7 Å². The van der Waals surface area contributed by atoms with Crippen molar-refractivity contribution in [1.29, 1.82) is 0 Å². The van der Waals surface area contributed by atoms with Crippen molar-refractivity contribution >= 4 is 0 Å². The second-order valence-electron chi connectivity index (χ2n) is 6.34. The third-order valence-electron chi connectivity index (χ3n) is 3.27. The molecule has 1 atom stereocenters. The van der Waals surface area contributed by atoms with Crippen LogP contribution in [0.3, 0.4) is 0 Å². The van der Waals surface area contributed by atoms with Gasteiger partial charge >= 0.3 is 0 Å². The van der Waals surface area contributed by atoms with E-state index < -0.39 is 0 Å². The number of hydrogen-bond donors (Lipinski definition) is 1. The lowest BCUT2D eigenvalue weighted by Crippen LogP contribution is -2.36. The highest BCUT2D eigenvalue weighted by atomic mass is 16.5. The van der Waals surface area contributed by atoms with E-state index in [4.69, 9.17) is 15.2 Å². The molecule has 0 fully saturated rings. The molecule has 1 aromatic carbocycles. The predicted octanol–water partition coefficient (Wildman–Crippen LogP) is 2.68. The van der Waals surface area contributed by atoms with Crippen LogP contribution < -0.4 is 15.2 Å². The van der Waals surface area contributed by atoms with Crippen LogP contribution in [0.1, 0.15) is 32.4 Å². The highest BCUT2D eigenvalue weighted by Gasteiger charge is 2.22. The lowest BCUT2D eigenvalue weighted by molar-refractivity contribution is 0.175. The van der Waals surface area contributed by atoms with Crippen molar-refractivity contribution in [3.05, 3.63) is 23.8 Å². The Morgan fingerprint density at radius 2 is 1.75 bits per heavy atom. The van der Waals surface area contributed by atoms with E-state index >= 15 is 0 Å². The highest BCUT2D eigenvalue weighted by Crippen LogP contribution is 2.32. The van der Waals surface area contributed by atoms with Gasteiger partial charge in [0, 0.05) is 19.1 Å². The van der Waals surface area contributed by atoms with Crippen molar-refractivity contribution in [1.82, 2.24) is 4.90 Å². The zero-order chi connectivity index (χ0) is 15.3. The molecule has 0 saturated carbocycles. The number of rotatable bonds is 6. The largest absolute Gasteiger partial charge is 0.493 e. The van der Waals surface area contributed by atoms with Crippen molar-refractivity contribution in [2.45, 2.75) is 26.8 Å². The van der Waals surface area contributed by atoms with Gasteiger partial charge in [-0.2, -0.15) is 0 Å². The minimum Gasteiger partial charge on any atom is -0.493 e. The Morgan fingerprint density at radius 3 is 2.20 bits per heavy atom. The molecule has 0 aliphatic heterocycles. The van der Waals surface area contributed by atoms with Gasteiger partial charge in [0.05, 0.1) is 14.2 Å². The van der Waals surface area contributed by atoms with Gasteiger partial charge in [-0.3, -0.25) is 4.90 Å². The summed E-state index contributed by atoms with van der Waals surface area (Å²) in [6.45, 7) is 8.23. The maximum absolute atomic E-state index is 5.97. The number of hydrogen-bond acceptors (Lipinski definition) is 4. The number of nitrogens with zero attached hydrogens (tertiary/aromatic N) is 1. The summed E-state index contributed by atoms with van der Waals surface area (Å²) in [5, 5.41) is 0. The van der Waals surface area contributed by atoms with Crippen LogP contribution in [-0.2, 0) is 0 Å². The number of ether oxygens (including phenoxy) is 2. The maximum Gasteiger partial charge on any atom is 0.161 e. The maximum atomic E-state index is 5.97. The molecule has 1 aromatic rings. The number of likely N-dealkylation sites (N-methyl/N-ethyl adjacent to an activating group) is 1. The van der Waals surface area contributed by atoms with E-state index in [0.717, 1.165) is 23.6 Å². The Kier molecular flexibility index (Phi) is 5.84. The van der Waals surface area contributed by atoms with E-state index in [2.05, 4.69) is 38.8 Å². The highest BCUT2D eigenvalue weighted by molar-refractivity contribution is 5.43. The van der Waals surface area contributed by atoms with E-state index in [0.29, 0.717) is 6.54 Å². The molecule has 0 spiro atoms. The molecule has 114 valence electrons. The Morgan fingerprint density at radius 1 is 1.15 bits per heavy atom. The van der Waals surface area contributed by atoms with Crippen LogP contribution in [0.5, 0.6) is 11.5 Å². The van der Waals surface area contributed by atoms with Gasteiger partial charge in [-0.1, -0.05) is 26.8 Å². The van der Waals surface area contributed by atoms with Crippen LogP contribution in [0.2, 0.25) is 0 Å². The summed E-state index contributed by atoms with van der Waals surface area (Å²) in [7, 11) is 5.40. The second kappa shape index (κ2) is 6.95. The van der Waals surface area contributed by atoms with E-state index in [1.165, 1.54) is 0 Å². The standard InChI is InChI=1S/C16H28N2O2/c1-16(2,3)11-18(4)13(10-17)12-7-8-14(19-5)15(9-12)20-6/h7-9,13H,10-11,17H2,1-6H3. The summed E-state index contributed by atoms with van der Waals surface area (Å²) in [5.41, 5.74) is 7.36. The molecule has 2 N–H and O–H groups in total. The van der Waals surface area contributed by atoms with Gasteiger partial charge in [0.1, 0.15) is 0 Å². The van der Waals surface area contributed by atoms with E-state index in [1.807, 2.05) is 12.1 Å². The fourth-order valence-electron chi connectivity index (χ4n) is 2.49. The summed E-state index contributed by atoms with van der Waals surface area (Å²) < 4.78 is 10.6. The zero-order valence-corrected chi connectivity index (χ0v) is 13.6. The zero-order valence-electron chi connectivity index (χ0n) is 13.6. The van der Waals surface area contributed by atoms with Crippen LogP contribution in [-0.4, -0.2) is 39.3 Å². The molecule has 20 heavy (non-hydrogen) atoms. The SMILES string of the molecule is COc1ccc(C(CN)N(C)CC(C)(C)C)cc1OC. The molecule has 0 radical (unpaired) electrons. The van der Waals surface area contributed by atoms with Crippen molar-refractivity contribution in [2.24, 2.45) is 11.1 Å². The summed E-state index contributed by atoms with van der Waals surface area (Å²) in [6, 6.07) is 6.17. The Labute approximate surface area is 122 Å². The summed E-state index contributed by atoms with van der Waals surface area (Å²) >= 11 is 0. The summed E-state index contributed by atoms with van der Waals surface area (Å²) in [5.74, 6) is 1.48. The van der Waals surface area contributed by atoms with E-state index in [9.17, 15) is 0 Å². The van der Waals surface area contributed by atoms with Crippen LogP contribution in [0, 0.1) is 5.41 Å². The first kappa shape index (κ1) is 16.8. The Balaban J connectivity index is 3.00. The van der Waals surface area contributed by atoms with E-state index in [1.54, 1.807) is 14.2 Å². The third kappa shape index (κ3) is 4.39. The molecular weight excluding hydrogens is 252 g/mol. The summed E-state index contributed by atoms with van der Waals surface area (Å²) in [6.07, 6.45) is 0. The van der Waals surface area contributed by atoms with Crippen LogP contribution >= 0.6 is 0 Å². The molecule has 1 rings (SSSR count). The fraction of sp³-hybridized carbons (Fsp3) is 0.625. The molecule has 0 aliphatic carbocycles. The minimum absolute atomic E-state index is 0.175. The van der Waals surface area contributed by atoms with Gasteiger partial charge < -0.3 is 15.2 Å². The molecule has 0 aliphatic rings. The van der Waals surface area contributed by atoms with Crippen molar-refractivity contribution in [2.75, 3.05) is 34.4 Å². The van der Waals surface area contributed by atoms with Crippen LogP contribution in [0.4, 0.5) is 0 Å². The van der Waals surface area contributed by atoms with Crippen LogP contribution in [0.25, 0.3) is 0 Å². The van der Waals surface area contributed by atoms with Crippen molar-refractivity contribution in [3.8, 4) is 11.5 Å². The minimum atomic E-state index is 0.175. The first-order valence-corrected chi connectivity index (χ1v) is 6.94. The summed E-state index contributed by atoms with van der Waals surface area (Å²) in [4.78, 5) is 2.29. The van der Waals surface area contributed by atoms with E-state index in [-0.39, 0.29) is 11.5 Å². The monoisotopic (exact) mass is 280 g/mol. The first-order valence-electron chi connectivity index (χ1n) is 6.94. The quantitative estimate of drug-likeness (QED) is 0.870. The van der Waals surface area contributed by atoms with Crippen molar-refractivity contribution < 1.29 is 9.47 Å². The lowest BCUT2D eigenvalue weighted by Gasteiger charge is -2.33. The molecule has 0 amide bonds. The first-order chi connectivity index (χ1) is 9.32. The lowest BCUT2D eigenvalue weighted by atomic mass is 9.94. The number of benzene rings is 1. The van der Waals surface area contributed by atoms with Crippen LogP contribution in [0.15, 0.2) is 18.2 Å². The fourth-order valence-corrected chi connectivity index (χ4v) is 2.49. The molecule has 4 nitrogen and oxygen atoms in total. The molecule has 4 heteroatoms. The van der Waals surface area contributed by atoms with Crippen molar-refractivity contribution in [3.63, 3.8) is 0 Å². The van der Waals surface area contributed by atoms with Gasteiger partial charge in [0.2, 0.25) is 0 Å². The molecule has 0 saturated heterocycles. The predicted molar refractivity (Wildman–Crippen MR) is 83.4 cm³/mol. The smallest absolute Gasteiger partial charge is 0.161 e. The van der Waals surface area contributed by atoms with Gasteiger partial charge in [0.25, 0.3) is 0 Å². The molecule has 1 unspecified atom stereocenters. The second-order valence-corrected chi connectivity index (χ2v) is 6.34. The molecule has 0 bridgehead atoms. The third-order valence-corrected chi connectivity index (χ3v) is 3.27. The molecular formula is C16H28N2O2. The average molecular weight is 280 g/mol. The number of nitrogens with two attached hydrogens (primary N) is 1. The van der Waals surface area contributed by atoms with Gasteiger partial charge in [0.15, 0.2) is 11.5 Å². The van der Waals surface area contributed by atoms with Gasteiger partial charge in [-0.15, -0.1) is 0 Å². The molecule has 0 aromatic heterocycles. The van der Waals surface area contributed by atoms with Gasteiger partial charge in [-0.05, 0) is 30.2 Å². The normalized spacial score (nSPS) is 13.4. The van der Waals surface area contributed by atoms with Gasteiger partial charge in [-0.25, -0.2) is 0 Å².